The lowest BCUT2D eigenvalue weighted by atomic mass is 10.2. The van der Waals surface area contributed by atoms with Crippen molar-refractivity contribution in [1.29, 1.82) is 0 Å². The SMILES string of the molecule is O=C([N]Nc1ccccc1)c1ccccc1S(=O)(=O)O. The topological polar surface area (TPSA) is 97.6 Å². The summed E-state index contributed by atoms with van der Waals surface area (Å²) in [5, 5.41) is 0. The van der Waals surface area contributed by atoms with E-state index in [1.54, 1.807) is 30.3 Å². The van der Waals surface area contributed by atoms with Gasteiger partial charge < -0.3 is 0 Å². The first kappa shape index (κ1) is 14.0. The molecule has 0 bridgehead atoms. The second kappa shape index (κ2) is 5.72. The molecule has 103 valence electrons. The van der Waals surface area contributed by atoms with Crippen molar-refractivity contribution in [3.63, 3.8) is 0 Å². The molecule has 0 aromatic heterocycles. The molecule has 0 heterocycles. The lowest BCUT2D eigenvalue weighted by Gasteiger charge is -2.07. The Balaban J connectivity index is 2.18. The van der Waals surface area contributed by atoms with Gasteiger partial charge in [-0.15, -0.1) is 5.43 Å². The van der Waals surface area contributed by atoms with Crippen LogP contribution in [0.25, 0.3) is 0 Å². The predicted molar refractivity (Wildman–Crippen MR) is 72.8 cm³/mol. The normalized spacial score (nSPS) is 10.8. The average molecular weight is 291 g/mol. The van der Waals surface area contributed by atoms with Gasteiger partial charge >= 0.3 is 0 Å². The molecule has 0 spiro atoms. The minimum absolute atomic E-state index is 0.196. The monoisotopic (exact) mass is 291 g/mol. The van der Waals surface area contributed by atoms with Gasteiger partial charge in [0.15, 0.2) is 0 Å². The second-order valence-corrected chi connectivity index (χ2v) is 5.26. The van der Waals surface area contributed by atoms with Gasteiger partial charge in [0.05, 0.1) is 11.3 Å². The van der Waals surface area contributed by atoms with Crippen molar-refractivity contribution in [2.45, 2.75) is 4.90 Å². The number of carbonyl (C=O) groups excluding carboxylic acids is 1. The highest BCUT2D eigenvalue weighted by Crippen LogP contribution is 2.15. The van der Waals surface area contributed by atoms with Crippen molar-refractivity contribution in [3.05, 3.63) is 60.2 Å². The van der Waals surface area contributed by atoms with Crippen molar-refractivity contribution in [3.8, 4) is 0 Å². The van der Waals surface area contributed by atoms with E-state index < -0.39 is 20.9 Å². The molecule has 0 unspecified atom stereocenters. The summed E-state index contributed by atoms with van der Waals surface area (Å²) < 4.78 is 31.4. The highest BCUT2D eigenvalue weighted by atomic mass is 32.2. The zero-order chi connectivity index (χ0) is 14.6. The third kappa shape index (κ3) is 3.34. The Morgan fingerprint density at radius 2 is 1.60 bits per heavy atom. The zero-order valence-electron chi connectivity index (χ0n) is 10.2. The van der Waals surface area contributed by atoms with Gasteiger partial charge in [-0.05, 0) is 24.3 Å². The first-order valence-electron chi connectivity index (χ1n) is 5.61. The number of hydrogen-bond donors (Lipinski definition) is 2. The Kier molecular flexibility index (Phi) is 4.02. The molecule has 0 aliphatic rings. The Hall–Kier alpha value is -2.38. The van der Waals surface area contributed by atoms with Gasteiger partial charge in [-0.25, -0.2) is 0 Å². The number of hydrogen-bond acceptors (Lipinski definition) is 4. The average Bonchev–Trinajstić information content (AvgIpc) is 2.45. The van der Waals surface area contributed by atoms with Crippen LogP contribution in [-0.4, -0.2) is 18.9 Å². The lowest BCUT2D eigenvalue weighted by Crippen LogP contribution is -2.23. The largest absolute Gasteiger partial charge is 0.295 e. The van der Waals surface area contributed by atoms with Gasteiger partial charge in [0.1, 0.15) is 4.90 Å². The maximum absolute atomic E-state index is 11.9. The highest BCUT2D eigenvalue weighted by molar-refractivity contribution is 7.86. The quantitative estimate of drug-likeness (QED) is 0.660. The second-order valence-electron chi connectivity index (χ2n) is 3.87. The summed E-state index contributed by atoms with van der Waals surface area (Å²) in [6.45, 7) is 0. The van der Waals surface area contributed by atoms with E-state index in [0.717, 1.165) is 6.07 Å². The van der Waals surface area contributed by atoms with Crippen LogP contribution in [0.1, 0.15) is 10.4 Å². The van der Waals surface area contributed by atoms with Gasteiger partial charge in [0.2, 0.25) is 0 Å². The highest BCUT2D eigenvalue weighted by Gasteiger charge is 2.20. The molecule has 0 aliphatic carbocycles. The van der Waals surface area contributed by atoms with Crippen LogP contribution < -0.4 is 10.9 Å². The Labute approximate surface area is 116 Å². The van der Waals surface area contributed by atoms with E-state index in [1.165, 1.54) is 18.2 Å². The van der Waals surface area contributed by atoms with Crippen LogP contribution >= 0.6 is 0 Å². The van der Waals surface area contributed by atoms with Crippen molar-refractivity contribution in [2.24, 2.45) is 0 Å². The van der Waals surface area contributed by atoms with Crippen LogP contribution in [0.5, 0.6) is 0 Å². The molecule has 2 aromatic carbocycles. The molecular weight excluding hydrogens is 280 g/mol. The van der Waals surface area contributed by atoms with Crippen molar-refractivity contribution in [1.82, 2.24) is 5.43 Å². The predicted octanol–water partition coefficient (Wildman–Crippen LogP) is 1.71. The molecule has 7 heteroatoms. The molecule has 2 rings (SSSR count). The first-order valence-corrected chi connectivity index (χ1v) is 7.05. The lowest BCUT2D eigenvalue weighted by molar-refractivity contribution is 0.0955. The van der Waals surface area contributed by atoms with Crippen molar-refractivity contribution in [2.75, 3.05) is 5.43 Å². The van der Waals surface area contributed by atoms with Crippen LogP contribution in [0.4, 0.5) is 5.69 Å². The maximum Gasteiger partial charge on any atom is 0.295 e. The molecule has 2 N–H and O–H groups in total. The summed E-state index contributed by atoms with van der Waals surface area (Å²) in [5.41, 5.74) is 6.49. The number of rotatable bonds is 4. The standard InChI is InChI=1S/C13H11N2O4S/c16-13(15-14-10-6-2-1-3-7-10)11-8-4-5-9-12(11)20(17,18)19/h1-9,14H,(H,17,18,19). The van der Waals surface area contributed by atoms with Gasteiger partial charge in [0, 0.05) is 0 Å². The van der Waals surface area contributed by atoms with Gasteiger partial charge in [-0.1, -0.05) is 30.3 Å². The molecule has 1 radical (unpaired) electrons. The number of anilines is 1. The molecule has 0 aliphatic heterocycles. The summed E-state index contributed by atoms with van der Waals surface area (Å²) in [4.78, 5) is 11.4. The van der Waals surface area contributed by atoms with E-state index in [2.05, 4.69) is 10.9 Å². The molecule has 0 saturated carbocycles. The zero-order valence-corrected chi connectivity index (χ0v) is 11.0. The number of nitrogens with one attached hydrogen (secondary N) is 1. The fraction of sp³-hybridized carbons (Fsp3) is 0. The fourth-order valence-electron chi connectivity index (χ4n) is 1.56. The van der Waals surface area contributed by atoms with Crippen molar-refractivity contribution >= 4 is 21.7 Å². The Morgan fingerprint density at radius 3 is 2.25 bits per heavy atom. The molecule has 2 aromatic rings. The van der Waals surface area contributed by atoms with Gasteiger partial charge in [-0.3, -0.25) is 14.8 Å². The minimum Gasteiger partial charge on any atom is -0.282 e. The Morgan fingerprint density at radius 1 is 1.00 bits per heavy atom. The van der Waals surface area contributed by atoms with Gasteiger partial charge in [-0.2, -0.15) is 8.42 Å². The van der Waals surface area contributed by atoms with E-state index in [0.29, 0.717) is 5.69 Å². The molecule has 1 amide bonds. The molecule has 20 heavy (non-hydrogen) atoms. The van der Waals surface area contributed by atoms with Crippen LogP contribution in [0, 0.1) is 0 Å². The van der Waals surface area contributed by atoms with E-state index in [1.807, 2.05) is 0 Å². The van der Waals surface area contributed by atoms with E-state index in [9.17, 15) is 13.2 Å². The van der Waals surface area contributed by atoms with Crippen LogP contribution in [0.2, 0.25) is 0 Å². The summed E-state index contributed by atoms with van der Waals surface area (Å²) >= 11 is 0. The van der Waals surface area contributed by atoms with Crippen LogP contribution in [0.3, 0.4) is 0 Å². The molecule has 0 fully saturated rings. The van der Waals surface area contributed by atoms with Crippen LogP contribution in [0.15, 0.2) is 59.5 Å². The molecule has 0 saturated heterocycles. The fourth-order valence-corrected chi connectivity index (χ4v) is 2.24. The summed E-state index contributed by atoms with van der Waals surface area (Å²) in [6.07, 6.45) is 0. The van der Waals surface area contributed by atoms with E-state index in [-0.39, 0.29) is 5.56 Å². The third-order valence-corrected chi connectivity index (χ3v) is 3.37. The van der Waals surface area contributed by atoms with E-state index in [4.69, 9.17) is 4.55 Å². The minimum atomic E-state index is -4.47. The number of nitrogens with zero attached hydrogens (tertiary/aromatic N) is 1. The number of para-hydroxylation sites is 1. The third-order valence-electron chi connectivity index (χ3n) is 2.46. The molecule has 6 nitrogen and oxygen atoms in total. The van der Waals surface area contributed by atoms with Crippen molar-refractivity contribution < 1.29 is 17.8 Å². The molecular formula is C13H11N2O4S. The van der Waals surface area contributed by atoms with E-state index >= 15 is 0 Å². The van der Waals surface area contributed by atoms with Crippen LogP contribution in [-0.2, 0) is 10.1 Å². The first-order chi connectivity index (χ1) is 9.48. The number of amides is 1. The Bertz CT molecular complexity index is 714. The smallest absolute Gasteiger partial charge is 0.282 e. The molecule has 0 atom stereocenters. The maximum atomic E-state index is 11.9. The van der Waals surface area contributed by atoms with Gasteiger partial charge in [0.25, 0.3) is 16.0 Å². The summed E-state index contributed by atoms with van der Waals surface area (Å²) in [5.74, 6) is -0.790. The number of benzene rings is 2. The summed E-state index contributed by atoms with van der Waals surface area (Å²) in [7, 11) is -4.47. The number of carbonyl (C=O) groups is 1. The summed E-state index contributed by atoms with van der Waals surface area (Å²) in [6, 6.07) is 14.0.